The third kappa shape index (κ3) is 7.41. The summed E-state index contributed by atoms with van der Waals surface area (Å²) < 4.78 is 40.9. The maximum absolute atomic E-state index is 12.3. The van der Waals surface area contributed by atoms with Gasteiger partial charge in [0.25, 0.3) is 5.91 Å². The normalized spacial score (nSPS) is 22.8. The van der Waals surface area contributed by atoms with E-state index < -0.39 is 18.0 Å². The molecule has 0 spiro atoms. The fourth-order valence-electron chi connectivity index (χ4n) is 4.19. The summed E-state index contributed by atoms with van der Waals surface area (Å²) in [5, 5.41) is 9.21. The zero-order valence-electron chi connectivity index (χ0n) is 17.7. The molecular weight excluding hydrogens is 411 g/mol. The second kappa shape index (κ2) is 9.89. The zero-order valence-corrected chi connectivity index (χ0v) is 17.7. The lowest BCUT2D eigenvalue weighted by molar-refractivity contribution is -0.274. The van der Waals surface area contributed by atoms with Crippen LogP contribution in [0.4, 0.5) is 13.2 Å². The molecule has 2 fully saturated rings. The Morgan fingerprint density at radius 1 is 1.16 bits per heavy atom. The number of halogens is 3. The Bertz CT molecular complexity index is 773. The third-order valence-electron chi connectivity index (χ3n) is 6.18. The average Bonchev–Trinajstić information content (AvgIpc) is 2.69. The van der Waals surface area contributed by atoms with Crippen molar-refractivity contribution in [2.75, 3.05) is 13.1 Å². The van der Waals surface area contributed by atoms with Crippen LogP contribution in [0.5, 0.6) is 5.75 Å². The summed E-state index contributed by atoms with van der Waals surface area (Å²) in [7, 11) is 0. The predicted molar refractivity (Wildman–Crippen MR) is 110 cm³/mol. The molecule has 0 atom stereocenters. The number of hydrogen-bond donors (Lipinski definition) is 3. The molecule has 2 amide bonds. The van der Waals surface area contributed by atoms with Crippen LogP contribution in [0, 0.1) is 5.92 Å². The largest absolute Gasteiger partial charge is 0.573 e. The predicted octanol–water partition coefficient (Wildman–Crippen LogP) is 3.52. The van der Waals surface area contributed by atoms with E-state index in [9.17, 15) is 22.8 Å². The maximum atomic E-state index is 12.3. The molecule has 2 aliphatic rings. The van der Waals surface area contributed by atoms with E-state index in [4.69, 9.17) is 0 Å². The van der Waals surface area contributed by atoms with Crippen LogP contribution >= 0.6 is 0 Å². The minimum Gasteiger partial charge on any atom is -0.406 e. The fourth-order valence-corrected chi connectivity index (χ4v) is 4.19. The van der Waals surface area contributed by atoms with Crippen LogP contribution in [0.25, 0.3) is 0 Å². The van der Waals surface area contributed by atoms with Crippen molar-refractivity contribution in [2.24, 2.45) is 5.92 Å². The molecule has 1 aromatic rings. The van der Waals surface area contributed by atoms with Crippen molar-refractivity contribution < 1.29 is 27.5 Å². The van der Waals surface area contributed by atoms with E-state index in [1.165, 1.54) is 12.1 Å². The van der Waals surface area contributed by atoms with Crippen molar-refractivity contribution >= 4 is 11.8 Å². The first-order valence-electron chi connectivity index (χ1n) is 10.8. The van der Waals surface area contributed by atoms with Crippen molar-refractivity contribution in [3.8, 4) is 5.75 Å². The van der Waals surface area contributed by atoms with E-state index >= 15 is 0 Å². The zero-order chi connectivity index (χ0) is 22.5. The molecule has 0 bridgehead atoms. The molecule has 9 heteroatoms. The summed E-state index contributed by atoms with van der Waals surface area (Å²) >= 11 is 0. The van der Waals surface area contributed by atoms with Gasteiger partial charge in [-0.25, -0.2) is 0 Å². The standard InChI is InChI=1S/C22H30F3N3O3/c1-21(10-3-11-21)28-19(29)14-26-17-8-6-15(7-9-17)13-27-20(30)16-4-2-5-18(12-16)31-22(23,24)25/h2,4-5,12,15,17,26H,3,6-11,13-14H2,1H3,(H,27,30)(H,28,29). The summed E-state index contributed by atoms with van der Waals surface area (Å²) in [6.45, 7) is 2.86. The van der Waals surface area contributed by atoms with Crippen molar-refractivity contribution in [3.05, 3.63) is 29.8 Å². The van der Waals surface area contributed by atoms with E-state index in [1.54, 1.807) is 0 Å². The van der Waals surface area contributed by atoms with Crippen molar-refractivity contribution in [1.82, 2.24) is 16.0 Å². The van der Waals surface area contributed by atoms with Gasteiger partial charge in [-0.05, 0) is 76.0 Å². The van der Waals surface area contributed by atoms with Crippen LogP contribution in [0.1, 0.15) is 62.2 Å². The molecule has 3 rings (SSSR count). The van der Waals surface area contributed by atoms with E-state index in [2.05, 4.69) is 27.6 Å². The molecule has 0 aromatic heterocycles. The van der Waals surface area contributed by atoms with E-state index in [1.807, 2.05) is 0 Å². The number of rotatable bonds is 8. The van der Waals surface area contributed by atoms with Crippen LogP contribution < -0.4 is 20.7 Å². The highest BCUT2D eigenvalue weighted by atomic mass is 19.4. The van der Waals surface area contributed by atoms with E-state index in [0.29, 0.717) is 19.0 Å². The van der Waals surface area contributed by atoms with Crippen molar-refractivity contribution in [1.29, 1.82) is 0 Å². The molecule has 172 valence electrons. The van der Waals surface area contributed by atoms with Gasteiger partial charge in [-0.1, -0.05) is 6.07 Å². The van der Waals surface area contributed by atoms with Crippen LogP contribution in [0.15, 0.2) is 24.3 Å². The van der Waals surface area contributed by atoms with Gasteiger partial charge in [0.2, 0.25) is 5.91 Å². The fraction of sp³-hybridized carbons (Fsp3) is 0.636. The molecule has 0 radical (unpaired) electrons. The van der Waals surface area contributed by atoms with Gasteiger partial charge in [0.05, 0.1) is 6.54 Å². The number of hydrogen-bond acceptors (Lipinski definition) is 4. The number of amides is 2. The lowest BCUT2D eigenvalue weighted by Crippen LogP contribution is -2.53. The number of ether oxygens (including phenoxy) is 1. The topological polar surface area (TPSA) is 79.5 Å². The van der Waals surface area contributed by atoms with Crippen molar-refractivity contribution in [3.63, 3.8) is 0 Å². The van der Waals surface area contributed by atoms with Gasteiger partial charge in [-0.3, -0.25) is 9.59 Å². The molecule has 0 saturated heterocycles. The van der Waals surface area contributed by atoms with Gasteiger partial charge in [-0.2, -0.15) is 0 Å². The summed E-state index contributed by atoms with van der Waals surface area (Å²) in [6.07, 6.45) is 2.10. The Labute approximate surface area is 180 Å². The van der Waals surface area contributed by atoms with Crippen LogP contribution in [0.3, 0.4) is 0 Å². The Morgan fingerprint density at radius 2 is 1.87 bits per heavy atom. The summed E-state index contributed by atoms with van der Waals surface area (Å²) in [6, 6.07) is 5.33. The first-order valence-corrected chi connectivity index (χ1v) is 10.8. The monoisotopic (exact) mass is 441 g/mol. The first kappa shape index (κ1) is 23.4. The molecule has 6 nitrogen and oxygen atoms in total. The van der Waals surface area contributed by atoms with Gasteiger partial charge in [0, 0.05) is 23.7 Å². The molecule has 0 unspecified atom stereocenters. The summed E-state index contributed by atoms with van der Waals surface area (Å²) in [4.78, 5) is 24.4. The van der Waals surface area contributed by atoms with E-state index in [-0.39, 0.29) is 23.1 Å². The molecule has 0 aliphatic heterocycles. The quantitative estimate of drug-likeness (QED) is 0.577. The van der Waals surface area contributed by atoms with Gasteiger partial charge in [-0.15, -0.1) is 13.2 Å². The second-order valence-corrected chi connectivity index (χ2v) is 8.85. The molecule has 3 N–H and O–H groups in total. The number of alkyl halides is 3. The van der Waals surface area contributed by atoms with E-state index in [0.717, 1.165) is 57.1 Å². The average molecular weight is 441 g/mol. The lowest BCUT2D eigenvalue weighted by Gasteiger charge is -2.39. The Balaban J connectivity index is 1.35. The van der Waals surface area contributed by atoms with Gasteiger partial charge < -0.3 is 20.7 Å². The number of benzene rings is 1. The Morgan fingerprint density at radius 3 is 2.48 bits per heavy atom. The minimum atomic E-state index is -4.79. The molecule has 31 heavy (non-hydrogen) atoms. The van der Waals surface area contributed by atoms with Gasteiger partial charge in [0.15, 0.2) is 0 Å². The van der Waals surface area contributed by atoms with Crippen LogP contribution in [-0.2, 0) is 4.79 Å². The van der Waals surface area contributed by atoms with Crippen LogP contribution in [0.2, 0.25) is 0 Å². The number of carbonyl (C=O) groups excluding carboxylic acids is 2. The molecule has 2 saturated carbocycles. The molecule has 2 aliphatic carbocycles. The van der Waals surface area contributed by atoms with Crippen molar-refractivity contribution in [2.45, 2.75) is 69.8 Å². The summed E-state index contributed by atoms with van der Waals surface area (Å²) in [5.41, 5.74) is 0.0933. The maximum Gasteiger partial charge on any atom is 0.573 e. The SMILES string of the molecule is CC1(NC(=O)CNC2CCC(CNC(=O)c3cccc(OC(F)(F)F)c3)CC2)CCC1. The Kier molecular flexibility index (Phi) is 7.46. The number of carbonyl (C=O) groups is 2. The lowest BCUT2D eigenvalue weighted by atomic mass is 9.78. The number of nitrogens with one attached hydrogen (secondary N) is 3. The highest BCUT2D eigenvalue weighted by molar-refractivity contribution is 5.94. The smallest absolute Gasteiger partial charge is 0.406 e. The minimum absolute atomic E-state index is 0.0347. The highest BCUT2D eigenvalue weighted by Crippen LogP contribution is 2.30. The van der Waals surface area contributed by atoms with Gasteiger partial charge in [0.1, 0.15) is 5.75 Å². The highest BCUT2D eigenvalue weighted by Gasteiger charge is 2.33. The molecule has 1 aromatic carbocycles. The summed E-state index contributed by atoms with van der Waals surface area (Å²) in [5.74, 6) is -0.497. The Hall–Kier alpha value is -2.29. The van der Waals surface area contributed by atoms with Crippen LogP contribution in [-0.4, -0.2) is 42.8 Å². The molecule has 0 heterocycles. The molecular formula is C22H30F3N3O3. The third-order valence-corrected chi connectivity index (χ3v) is 6.18. The first-order chi connectivity index (χ1) is 14.6. The van der Waals surface area contributed by atoms with Gasteiger partial charge >= 0.3 is 6.36 Å². The second-order valence-electron chi connectivity index (χ2n) is 8.85.